The average Bonchev–Trinajstić information content (AvgIpc) is 2.62. The number of ether oxygens (including phenoxy) is 2. The first-order valence-electron chi connectivity index (χ1n) is 8.54. The number of amides is 1. The SMILES string of the molecule is CN(Cc1ccc2c(c1)OCCO2)C(=O)CC(N)Cc1ccccc1.Cl. The maximum absolute atomic E-state index is 12.4. The fourth-order valence-corrected chi connectivity index (χ4v) is 2.92. The van der Waals surface area contributed by atoms with Gasteiger partial charge in [0.05, 0.1) is 0 Å². The van der Waals surface area contributed by atoms with Crippen molar-refractivity contribution in [2.45, 2.75) is 25.4 Å². The van der Waals surface area contributed by atoms with Gasteiger partial charge < -0.3 is 20.1 Å². The zero-order valence-corrected chi connectivity index (χ0v) is 15.7. The molecule has 5 nitrogen and oxygen atoms in total. The van der Waals surface area contributed by atoms with Crippen molar-refractivity contribution < 1.29 is 14.3 Å². The second-order valence-electron chi connectivity index (χ2n) is 6.38. The lowest BCUT2D eigenvalue weighted by atomic mass is 10.0. The Balaban J connectivity index is 0.00000243. The van der Waals surface area contributed by atoms with E-state index in [0.29, 0.717) is 32.6 Å². The van der Waals surface area contributed by atoms with Gasteiger partial charge in [-0.05, 0) is 29.7 Å². The number of hydrogen-bond donors (Lipinski definition) is 1. The molecule has 0 spiro atoms. The lowest BCUT2D eigenvalue weighted by molar-refractivity contribution is -0.130. The van der Waals surface area contributed by atoms with Crippen LogP contribution in [-0.2, 0) is 17.8 Å². The van der Waals surface area contributed by atoms with E-state index in [1.54, 1.807) is 11.9 Å². The molecule has 0 aliphatic carbocycles. The Bertz CT molecular complexity index is 724. The van der Waals surface area contributed by atoms with Crippen LogP contribution in [0.2, 0.25) is 0 Å². The van der Waals surface area contributed by atoms with Crippen molar-refractivity contribution in [1.29, 1.82) is 0 Å². The van der Waals surface area contributed by atoms with Gasteiger partial charge >= 0.3 is 0 Å². The number of halogens is 1. The molecule has 26 heavy (non-hydrogen) atoms. The van der Waals surface area contributed by atoms with Gasteiger partial charge in [0.1, 0.15) is 13.2 Å². The number of rotatable bonds is 6. The highest BCUT2D eigenvalue weighted by atomic mass is 35.5. The molecule has 2 aromatic carbocycles. The smallest absolute Gasteiger partial charge is 0.224 e. The standard InChI is InChI=1S/C20H24N2O3.ClH/c1-22(14-16-7-8-18-19(12-16)25-10-9-24-18)20(23)13-17(21)11-15-5-3-2-4-6-15;/h2-8,12,17H,9-11,13-14,21H2,1H3;1H. The third kappa shape index (κ3) is 5.38. The van der Waals surface area contributed by atoms with Crippen LogP contribution < -0.4 is 15.2 Å². The summed E-state index contributed by atoms with van der Waals surface area (Å²) in [5.74, 6) is 1.54. The Morgan fingerprint density at radius 1 is 1.08 bits per heavy atom. The summed E-state index contributed by atoms with van der Waals surface area (Å²) in [5, 5.41) is 0. The summed E-state index contributed by atoms with van der Waals surface area (Å²) in [7, 11) is 1.80. The number of benzene rings is 2. The maximum Gasteiger partial charge on any atom is 0.224 e. The van der Waals surface area contributed by atoms with Crippen molar-refractivity contribution in [3.8, 4) is 11.5 Å². The number of hydrogen-bond acceptors (Lipinski definition) is 4. The molecule has 140 valence electrons. The van der Waals surface area contributed by atoms with E-state index in [0.717, 1.165) is 22.6 Å². The summed E-state index contributed by atoms with van der Waals surface area (Å²) in [4.78, 5) is 14.1. The Labute approximate surface area is 160 Å². The van der Waals surface area contributed by atoms with E-state index in [1.807, 2.05) is 48.5 Å². The predicted octanol–water partition coefficient (Wildman–Crippen LogP) is 2.80. The Morgan fingerprint density at radius 2 is 1.77 bits per heavy atom. The van der Waals surface area contributed by atoms with Crippen LogP contribution in [0, 0.1) is 0 Å². The fraction of sp³-hybridized carbons (Fsp3) is 0.350. The first-order valence-corrected chi connectivity index (χ1v) is 8.54. The van der Waals surface area contributed by atoms with E-state index in [9.17, 15) is 4.79 Å². The molecule has 0 fully saturated rings. The molecule has 1 atom stereocenters. The molecule has 1 unspecified atom stereocenters. The van der Waals surface area contributed by atoms with E-state index in [1.165, 1.54) is 0 Å². The van der Waals surface area contributed by atoms with E-state index in [4.69, 9.17) is 15.2 Å². The van der Waals surface area contributed by atoms with Crippen LogP contribution in [0.15, 0.2) is 48.5 Å². The molecule has 0 radical (unpaired) electrons. The lowest BCUT2D eigenvalue weighted by Gasteiger charge is -2.22. The summed E-state index contributed by atoms with van der Waals surface area (Å²) in [5.41, 5.74) is 8.31. The summed E-state index contributed by atoms with van der Waals surface area (Å²) in [6.45, 7) is 1.65. The Hall–Kier alpha value is -2.24. The Kier molecular flexibility index (Phi) is 7.30. The summed E-state index contributed by atoms with van der Waals surface area (Å²) in [6.07, 6.45) is 1.03. The van der Waals surface area contributed by atoms with Crippen LogP contribution >= 0.6 is 12.4 Å². The second kappa shape index (κ2) is 9.46. The molecule has 3 rings (SSSR count). The molecule has 0 saturated heterocycles. The lowest BCUT2D eigenvalue weighted by Crippen LogP contribution is -2.34. The van der Waals surface area contributed by atoms with Gasteiger partial charge in [0.2, 0.25) is 5.91 Å². The zero-order chi connectivity index (χ0) is 17.6. The average molecular weight is 377 g/mol. The highest BCUT2D eigenvalue weighted by molar-refractivity contribution is 5.85. The van der Waals surface area contributed by atoms with Gasteiger partial charge in [0.25, 0.3) is 0 Å². The monoisotopic (exact) mass is 376 g/mol. The van der Waals surface area contributed by atoms with E-state index < -0.39 is 0 Å². The van der Waals surface area contributed by atoms with Crippen LogP contribution in [0.1, 0.15) is 17.5 Å². The van der Waals surface area contributed by atoms with Crippen molar-refractivity contribution in [2.24, 2.45) is 5.73 Å². The van der Waals surface area contributed by atoms with Crippen LogP contribution in [-0.4, -0.2) is 37.1 Å². The van der Waals surface area contributed by atoms with Crippen LogP contribution in [0.25, 0.3) is 0 Å². The predicted molar refractivity (Wildman–Crippen MR) is 104 cm³/mol. The largest absolute Gasteiger partial charge is 0.486 e. The number of carbonyl (C=O) groups excluding carboxylic acids is 1. The quantitative estimate of drug-likeness (QED) is 0.842. The van der Waals surface area contributed by atoms with Crippen molar-refractivity contribution in [3.05, 3.63) is 59.7 Å². The topological polar surface area (TPSA) is 64.8 Å². The van der Waals surface area contributed by atoms with Crippen LogP contribution in [0.5, 0.6) is 11.5 Å². The van der Waals surface area contributed by atoms with Crippen molar-refractivity contribution >= 4 is 18.3 Å². The molecular weight excluding hydrogens is 352 g/mol. The van der Waals surface area contributed by atoms with E-state index >= 15 is 0 Å². The summed E-state index contributed by atoms with van der Waals surface area (Å²) < 4.78 is 11.1. The molecule has 1 aliphatic rings. The third-order valence-electron chi connectivity index (χ3n) is 4.23. The van der Waals surface area contributed by atoms with E-state index in [-0.39, 0.29) is 24.4 Å². The number of carbonyl (C=O) groups is 1. The molecule has 0 saturated carbocycles. The van der Waals surface area contributed by atoms with Gasteiger partial charge in [-0.25, -0.2) is 0 Å². The normalized spacial score (nSPS) is 13.5. The molecular formula is C20H25ClN2O3. The highest BCUT2D eigenvalue weighted by Gasteiger charge is 2.16. The molecule has 1 aliphatic heterocycles. The minimum absolute atomic E-state index is 0. The highest BCUT2D eigenvalue weighted by Crippen LogP contribution is 2.31. The summed E-state index contributed by atoms with van der Waals surface area (Å²) >= 11 is 0. The fourth-order valence-electron chi connectivity index (χ4n) is 2.92. The van der Waals surface area contributed by atoms with Crippen molar-refractivity contribution in [2.75, 3.05) is 20.3 Å². The van der Waals surface area contributed by atoms with Gasteiger partial charge in [-0.2, -0.15) is 0 Å². The van der Waals surface area contributed by atoms with Gasteiger partial charge in [-0.15, -0.1) is 12.4 Å². The van der Waals surface area contributed by atoms with Crippen LogP contribution in [0.4, 0.5) is 0 Å². The summed E-state index contributed by atoms with van der Waals surface area (Å²) in [6, 6.07) is 15.6. The van der Waals surface area contributed by atoms with Gasteiger partial charge in [0.15, 0.2) is 11.5 Å². The zero-order valence-electron chi connectivity index (χ0n) is 14.9. The van der Waals surface area contributed by atoms with E-state index in [2.05, 4.69) is 0 Å². The van der Waals surface area contributed by atoms with Gasteiger partial charge in [-0.3, -0.25) is 4.79 Å². The number of nitrogens with two attached hydrogens (primary N) is 1. The van der Waals surface area contributed by atoms with Gasteiger partial charge in [-0.1, -0.05) is 36.4 Å². The minimum atomic E-state index is -0.183. The molecule has 0 bridgehead atoms. The molecule has 6 heteroatoms. The molecule has 1 heterocycles. The minimum Gasteiger partial charge on any atom is -0.486 e. The Morgan fingerprint density at radius 3 is 2.50 bits per heavy atom. The number of fused-ring (bicyclic) bond motifs is 1. The number of nitrogens with zero attached hydrogens (tertiary/aromatic N) is 1. The first kappa shape index (κ1) is 20.1. The van der Waals surface area contributed by atoms with Crippen LogP contribution in [0.3, 0.4) is 0 Å². The van der Waals surface area contributed by atoms with Crippen molar-refractivity contribution in [3.63, 3.8) is 0 Å². The third-order valence-corrected chi connectivity index (χ3v) is 4.23. The molecule has 0 aromatic heterocycles. The molecule has 2 N–H and O–H groups in total. The van der Waals surface area contributed by atoms with Gasteiger partial charge in [0, 0.05) is 26.1 Å². The molecule has 1 amide bonds. The van der Waals surface area contributed by atoms with Crippen molar-refractivity contribution in [1.82, 2.24) is 4.90 Å². The maximum atomic E-state index is 12.4. The first-order chi connectivity index (χ1) is 12.1. The second-order valence-corrected chi connectivity index (χ2v) is 6.38. The molecule has 2 aromatic rings.